The van der Waals surface area contributed by atoms with Crippen LogP contribution in [0.4, 0.5) is 5.69 Å². The van der Waals surface area contributed by atoms with E-state index in [1.165, 1.54) is 5.56 Å². The number of likely N-dealkylation sites (tertiary alicyclic amines) is 1. The van der Waals surface area contributed by atoms with Gasteiger partial charge in [-0.15, -0.1) is 5.10 Å². The maximum atomic E-state index is 9.29. The molecular weight excluding hydrogens is 316 g/mol. The Bertz CT molecular complexity index is 651. The number of hydrogen-bond donors (Lipinski definition) is 2. The average molecular weight is 344 g/mol. The average Bonchev–Trinajstić information content (AvgIpc) is 3.09. The summed E-state index contributed by atoms with van der Waals surface area (Å²) in [5.41, 5.74) is 2.43. The summed E-state index contributed by atoms with van der Waals surface area (Å²) < 4.78 is 1.86. The number of aromatic nitrogens is 4. The number of para-hydroxylation sites is 1. The molecule has 2 aromatic rings. The van der Waals surface area contributed by atoms with Crippen LogP contribution in [0.1, 0.15) is 37.6 Å². The van der Waals surface area contributed by atoms with Crippen molar-refractivity contribution < 1.29 is 5.11 Å². The summed E-state index contributed by atoms with van der Waals surface area (Å²) in [6.07, 6.45) is 3.17. The minimum absolute atomic E-state index is 0.318. The molecule has 1 saturated heterocycles. The molecule has 3 rings (SSSR count). The zero-order valence-corrected chi connectivity index (χ0v) is 14.9. The van der Waals surface area contributed by atoms with Crippen molar-refractivity contribution >= 4 is 5.69 Å². The highest BCUT2D eigenvalue weighted by atomic mass is 16.3. The van der Waals surface area contributed by atoms with Gasteiger partial charge < -0.3 is 10.4 Å². The molecule has 2 N–H and O–H groups in total. The third-order valence-electron chi connectivity index (χ3n) is 4.86. The number of nitrogens with one attached hydrogen (secondary N) is 1. The number of anilines is 1. The molecule has 7 nitrogen and oxygen atoms in total. The summed E-state index contributed by atoms with van der Waals surface area (Å²) in [6, 6.07) is 8.43. The van der Waals surface area contributed by atoms with E-state index in [-0.39, 0.29) is 0 Å². The van der Waals surface area contributed by atoms with Gasteiger partial charge in [-0.1, -0.05) is 25.1 Å². The number of rotatable bonds is 8. The molecule has 136 valence electrons. The number of hydrogen-bond acceptors (Lipinski definition) is 6. The zero-order valence-electron chi connectivity index (χ0n) is 14.9. The lowest BCUT2D eigenvalue weighted by Crippen LogP contribution is -2.34. The third-order valence-corrected chi connectivity index (χ3v) is 4.86. The summed E-state index contributed by atoms with van der Waals surface area (Å²) in [5, 5.41) is 24.7. The van der Waals surface area contributed by atoms with E-state index >= 15 is 0 Å². The Morgan fingerprint density at radius 2 is 2.04 bits per heavy atom. The van der Waals surface area contributed by atoms with Gasteiger partial charge in [0.05, 0.1) is 6.54 Å². The molecule has 0 saturated carbocycles. The van der Waals surface area contributed by atoms with Gasteiger partial charge in [0.2, 0.25) is 0 Å². The number of aliphatic hydroxyl groups excluding tert-OH is 1. The first kappa shape index (κ1) is 17.8. The van der Waals surface area contributed by atoms with Crippen molar-refractivity contribution in [1.29, 1.82) is 0 Å². The molecule has 1 aromatic heterocycles. The molecule has 0 amide bonds. The molecule has 7 heteroatoms. The van der Waals surface area contributed by atoms with Gasteiger partial charge in [0.25, 0.3) is 0 Å². The summed E-state index contributed by atoms with van der Waals surface area (Å²) in [5.74, 6) is 1.34. The van der Waals surface area contributed by atoms with E-state index in [0.29, 0.717) is 19.1 Å². The molecule has 2 heterocycles. The van der Waals surface area contributed by atoms with Crippen LogP contribution >= 0.6 is 0 Å². The lowest BCUT2D eigenvalue weighted by atomic mass is 9.97. The Morgan fingerprint density at radius 3 is 2.80 bits per heavy atom. The zero-order chi connectivity index (χ0) is 17.5. The minimum atomic E-state index is 0.318. The first-order valence-electron chi connectivity index (χ1n) is 9.20. The van der Waals surface area contributed by atoms with Crippen molar-refractivity contribution in [3.63, 3.8) is 0 Å². The van der Waals surface area contributed by atoms with Crippen LogP contribution in [-0.4, -0.2) is 49.9 Å². The summed E-state index contributed by atoms with van der Waals surface area (Å²) >= 11 is 0. The van der Waals surface area contributed by atoms with E-state index in [4.69, 9.17) is 0 Å². The Balaban J connectivity index is 1.60. The van der Waals surface area contributed by atoms with Crippen LogP contribution < -0.4 is 5.32 Å². The molecule has 25 heavy (non-hydrogen) atoms. The fraction of sp³-hybridized carbons (Fsp3) is 0.611. The van der Waals surface area contributed by atoms with Gasteiger partial charge in [0.15, 0.2) is 5.82 Å². The topological polar surface area (TPSA) is 79.1 Å². The molecule has 1 aliphatic rings. The van der Waals surface area contributed by atoms with E-state index in [1.54, 1.807) is 0 Å². The second kappa shape index (κ2) is 8.92. The fourth-order valence-electron chi connectivity index (χ4n) is 3.31. The highest BCUT2D eigenvalue weighted by molar-refractivity contribution is 5.51. The number of benzene rings is 1. The van der Waals surface area contributed by atoms with E-state index in [0.717, 1.165) is 57.0 Å². The number of nitrogens with zero attached hydrogens (tertiary/aromatic N) is 5. The van der Waals surface area contributed by atoms with Gasteiger partial charge in [-0.05, 0) is 60.3 Å². The Labute approximate surface area is 149 Å². The van der Waals surface area contributed by atoms with Crippen LogP contribution in [-0.2, 0) is 19.6 Å². The van der Waals surface area contributed by atoms with Crippen LogP contribution in [0, 0.1) is 5.92 Å². The van der Waals surface area contributed by atoms with Crippen LogP contribution in [0.25, 0.3) is 0 Å². The highest BCUT2D eigenvalue weighted by Gasteiger charge is 2.19. The molecule has 0 bridgehead atoms. The second-order valence-electron chi connectivity index (χ2n) is 6.73. The molecule has 0 spiro atoms. The number of piperidine rings is 1. The predicted octanol–water partition coefficient (Wildman–Crippen LogP) is 1.90. The number of aryl methyl sites for hydroxylation is 1. The summed E-state index contributed by atoms with van der Waals surface area (Å²) in [6.45, 7) is 6.93. The van der Waals surface area contributed by atoms with Gasteiger partial charge in [-0.25, -0.2) is 4.68 Å². The molecule has 0 aliphatic carbocycles. The third kappa shape index (κ3) is 4.76. The first-order valence-corrected chi connectivity index (χ1v) is 9.20. The van der Waals surface area contributed by atoms with Gasteiger partial charge in [0.1, 0.15) is 0 Å². The van der Waals surface area contributed by atoms with Crippen molar-refractivity contribution in [3.8, 4) is 0 Å². The second-order valence-corrected chi connectivity index (χ2v) is 6.73. The maximum absolute atomic E-state index is 9.29. The van der Waals surface area contributed by atoms with Gasteiger partial charge in [-0.2, -0.15) is 0 Å². The van der Waals surface area contributed by atoms with Crippen molar-refractivity contribution in [3.05, 3.63) is 35.7 Å². The molecular formula is C18H28N6O. The molecule has 0 unspecified atom stereocenters. The quantitative estimate of drug-likeness (QED) is 0.761. The number of aliphatic hydroxyl groups is 1. The van der Waals surface area contributed by atoms with Crippen LogP contribution in [0.5, 0.6) is 0 Å². The Hall–Kier alpha value is -1.99. The molecule has 1 aliphatic heterocycles. The predicted molar refractivity (Wildman–Crippen MR) is 97.0 cm³/mol. The van der Waals surface area contributed by atoms with E-state index < -0.39 is 0 Å². The first-order chi connectivity index (χ1) is 12.3. The van der Waals surface area contributed by atoms with Crippen molar-refractivity contribution in [2.45, 2.75) is 45.8 Å². The fourth-order valence-corrected chi connectivity index (χ4v) is 3.31. The number of tetrazole rings is 1. The molecule has 0 atom stereocenters. The molecule has 0 radical (unpaired) electrons. The minimum Gasteiger partial charge on any atom is -0.396 e. The van der Waals surface area contributed by atoms with Crippen LogP contribution in [0.3, 0.4) is 0 Å². The van der Waals surface area contributed by atoms with Crippen molar-refractivity contribution in [1.82, 2.24) is 25.1 Å². The highest BCUT2D eigenvalue weighted by Crippen LogP contribution is 2.22. The van der Waals surface area contributed by atoms with Crippen LogP contribution in [0.15, 0.2) is 24.3 Å². The van der Waals surface area contributed by atoms with E-state index in [1.807, 2.05) is 4.68 Å². The lowest BCUT2D eigenvalue weighted by molar-refractivity contribution is 0.127. The Kier molecular flexibility index (Phi) is 6.36. The lowest BCUT2D eigenvalue weighted by Gasteiger charge is -2.31. The largest absolute Gasteiger partial charge is 0.396 e. The molecule has 1 aromatic carbocycles. The molecule has 1 fully saturated rings. The maximum Gasteiger partial charge on any atom is 0.170 e. The monoisotopic (exact) mass is 344 g/mol. The van der Waals surface area contributed by atoms with Gasteiger partial charge >= 0.3 is 0 Å². The van der Waals surface area contributed by atoms with Crippen molar-refractivity contribution in [2.75, 3.05) is 25.0 Å². The summed E-state index contributed by atoms with van der Waals surface area (Å²) in [7, 11) is 0. The summed E-state index contributed by atoms with van der Waals surface area (Å²) in [4.78, 5) is 2.47. The van der Waals surface area contributed by atoms with E-state index in [2.05, 4.69) is 56.9 Å². The van der Waals surface area contributed by atoms with E-state index in [9.17, 15) is 5.11 Å². The van der Waals surface area contributed by atoms with Crippen LogP contribution in [0.2, 0.25) is 0 Å². The SMILES string of the molecule is CCCn1nnnc1CNc1ccccc1CN1CCC(CO)CC1. The smallest absolute Gasteiger partial charge is 0.170 e. The van der Waals surface area contributed by atoms with Gasteiger partial charge in [0, 0.05) is 25.4 Å². The normalized spacial score (nSPS) is 16.2. The Morgan fingerprint density at radius 1 is 1.24 bits per heavy atom. The van der Waals surface area contributed by atoms with Gasteiger partial charge in [-0.3, -0.25) is 4.90 Å². The standard InChI is InChI=1S/C18H28N6O/c1-2-9-24-18(20-21-22-24)12-19-17-6-4-3-5-16(17)13-23-10-7-15(14-25)8-11-23/h3-6,15,19,25H,2,7-14H2,1H3. The van der Waals surface area contributed by atoms with Crippen molar-refractivity contribution in [2.24, 2.45) is 5.92 Å².